The Bertz CT molecular complexity index is 243. The summed E-state index contributed by atoms with van der Waals surface area (Å²) in [4.78, 5) is 4.96. The second-order valence-electron chi connectivity index (χ2n) is 3.50. The molecule has 1 aliphatic rings. The minimum atomic E-state index is -0.0822. The SMILES string of the molecule is NOC(c1cn[nH]n1)C1CCCC1. The number of aromatic nitrogens is 3. The molecule has 1 aromatic heterocycles. The van der Waals surface area contributed by atoms with Crippen LogP contribution in [0, 0.1) is 5.92 Å². The Morgan fingerprint density at radius 1 is 1.54 bits per heavy atom. The normalized spacial score (nSPS) is 20.7. The first-order valence-electron chi connectivity index (χ1n) is 4.63. The van der Waals surface area contributed by atoms with Crippen LogP contribution in [-0.4, -0.2) is 15.4 Å². The Kier molecular flexibility index (Phi) is 2.56. The van der Waals surface area contributed by atoms with Gasteiger partial charge in [-0.2, -0.15) is 15.4 Å². The van der Waals surface area contributed by atoms with Crippen molar-refractivity contribution in [2.24, 2.45) is 11.8 Å². The van der Waals surface area contributed by atoms with Crippen LogP contribution in [0.3, 0.4) is 0 Å². The van der Waals surface area contributed by atoms with Crippen molar-refractivity contribution in [3.63, 3.8) is 0 Å². The molecular formula is C8H14N4O. The second kappa shape index (κ2) is 3.85. The Balaban J connectivity index is 2.08. The van der Waals surface area contributed by atoms with Gasteiger partial charge in [0.2, 0.25) is 0 Å². The van der Waals surface area contributed by atoms with Gasteiger partial charge in [0, 0.05) is 0 Å². The first kappa shape index (κ1) is 8.65. The molecule has 5 nitrogen and oxygen atoms in total. The first-order valence-corrected chi connectivity index (χ1v) is 4.63. The molecule has 0 amide bonds. The van der Waals surface area contributed by atoms with E-state index in [4.69, 9.17) is 10.7 Å². The van der Waals surface area contributed by atoms with Crippen molar-refractivity contribution in [2.75, 3.05) is 0 Å². The molecular weight excluding hydrogens is 168 g/mol. The van der Waals surface area contributed by atoms with E-state index in [9.17, 15) is 0 Å². The maximum atomic E-state index is 5.26. The van der Waals surface area contributed by atoms with E-state index >= 15 is 0 Å². The van der Waals surface area contributed by atoms with Crippen LogP contribution in [-0.2, 0) is 4.84 Å². The van der Waals surface area contributed by atoms with E-state index in [1.54, 1.807) is 6.20 Å². The van der Waals surface area contributed by atoms with Gasteiger partial charge in [-0.3, -0.25) is 4.84 Å². The molecule has 13 heavy (non-hydrogen) atoms. The van der Waals surface area contributed by atoms with Crippen molar-refractivity contribution >= 4 is 0 Å². The van der Waals surface area contributed by atoms with Crippen molar-refractivity contribution in [3.8, 4) is 0 Å². The van der Waals surface area contributed by atoms with Crippen LogP contribution < -0.4 is 5.90 Å². The van der Waals surface area contributed by atoms with E-state index in [1.807, 2.05) is 0 Å². The number of hydrogen-bond donors (Lipinski definition) is 2. The second-order valence-corrected chi connectivity index (χ2v) is 3.50. The fourth-order valence-electron chi connectivity index (χ4n) is 2.03. The van der Waals surface area contributed by atoms with Gasteiger partial charge in [-0.05, 0) is 18.8 Å². The highest BCUT2D eigenvalue weighted by Crippen LogP contribution is 2.36. The predicted molar refractivity (Wildman–Crippen MR) is 46.4 cm³/mol. The fraction of sp³-hybridized carbons (Fsp3) is 0.750. The van der Waals surface area contributed by atoms with E-state index in [2.05, 4.69) is 15.4 Å². The molecule has 1 saturated carbocycles. The van der Waals surface area contributed by atoms with Crippen LogP contribution in [0.25, 0.3) is 0 Å². The summed E-state index contributed by atoms with van der Waals surface area (Å²) in [6, 6.07) is 0. The van der Waals surface area contributed by atoms with Gasteiger partial charge in [-0.15, -0.1) is 0 Å². The van der Waals surface area contributed by atoms with E-state index in [-0.39, 0.29) is 6.10 Å². The van der Waals surface area contributed by atoms with Crippen molar-refractivity contribution < 1.29 is 4.84 Å². The third-order valence-electron chi connectivity index (χ3n) is 2.70. The highest BCUT2D eigenvalue weighted by atomic mass is 16.6. The summed E-state index contributed by atoms with van der Waals surface area (Å²) in [6.45, 7) is 0. The quantitative estimate of drug-likeness (QED) is 0.681. The molecule has 1 aliphatic carbocycles. The van der Waals surface area contributed by atoms with Crippen LogP contribution in [0.4, 0.5) is 0 Å². The van der Waals surface area contributed by atoms with Gasteiger partial charge in [-0.25, -0.2) is 5.90 Å². The summed E-state index contributed by atoms with van der Waals surface area (Å²) in [5, 5.41) is 10.3. The maximum absolute atomic E-state index is 5.26. The van der Waals surface area contributed by atoms with Gasteiger partial charge in [0.15, 0.2) is 0 Å². The minimum absolute atomic E-state index is 0.0822. The number of hydrogen-bond acceptors (Lipinski definition) is 4. The smallest absolute Gasteiger partial charge is 0.127 e. The van der Waals surface area contributed by atoms with Crippen molar-refractivity contribution in [3.05, 3.63) is 11.9 Å². The minimum Gasteiger partial charge on any atom is -0.294 e. The Labute approximate surface area is 76.6 Å². The molecule has 2 rings (SSSR count). The van der Waals surface area contributed by atoms with Gasteiger partial charge in [0.25, 0.3) is 0 Å². The molecule has 1 atom stereocenters. The molecule has 1 heterocycles. The van der Waals surface area contributed by atoms with Gasteiger partial charge in [0.1, 0.15) is 11.8 Å². The number of nitrogens with zero attached hydrogens (tertiary/aromatic N) is 2. The molecule has 0 aliphatic heterocycles. The molecule has 1 fully saturated rings. The third-order valence-corrected chi connectivity index (χ3v) is 2.70. The molecule has 3 N–H and O–H groups in total. The lowest BCUT2D eigenvalue weighted by Gasteiger charge is -2.17. The third kappa shape index (κ3) is 1.71. The fourth-order valence-corrected chi connectivity index (χ4v) is 2.03. The maximum Gasteiger partial charge on any atom is 0.127 e. The zero-order chi connectivity index (χ0) is 9.10. The molecule has 5 heteroatoms. The standard InChI is InChI=1S/C8H14N4O/c9-13-8(6-3-1-2-4-6)7-5-10-12-11-7/h5-6,8H,1-4,9H2,(H,10,11,12). The van der Waals surface area contributed by atoms with Crippen molar-refractivity contribution in [2.45, 2.75) is 31.8 Å². The molecule has 1 unspecified atom stereocenters. The van der Waals surface area contributed by atoms with Crippen molar-refractivity contribution in [1.29, 1.82) is 0 Å². The van der Waals surface area contributed by atoms with E-state index in [1.165, 1.54) is 25.7 Å². The molecule has 72 valence electrons. The molecule has 0 radical (unpaired) electrons. The summed E-state index contributed by atoms with van der Waals surface area (Å²) in [7, 11) is 0. The summed E-state index contributed by atoms with van der Waals surface area (Å²) in [5.74, 6) is 5.77. The largest absolute Gasteiger partial charge is 0.294 e. The molecule has 0 saturated heterocycles. The van der Waals surface area contributed by atoms with Gasteiger partial charge >= 0.3 is 0 Å². The Morgan fingerprint density at radius 3 is 2.85 bits per heavy atom. The lowest BCUT2D eigenvalue weighted by Crippen LogP contribution is -2.17. The van der Waals surface area contributed by atoms with Crippen LogP contribution in [0.5, 0.6) is 0 Å². The summed E-state index contributed by atoms with van der Waals surface area (Å²) in [5.41, 5.74) is 0.814. The number of rotatable bonds is 3. The molecule has 0 bridgehead atoms. The number of aromatic amines is 1. The van der Waals surface area contributed by atoms with Crippen LogP contribution in [0.15, 0.2) is 6.20 Å². The van der Waals surface area contributed by atoms with Crippen LogP contribution >= 0.6 is 0 Å². The van der Waals surface area contributed by atoms with Crippen LogP contribution in [0.1, 0.15) is 37.5 Å². The average molecular weight is 182 g/mol. The molecule has 0 spiro atoms. The number of H-pyrrole nitrogens is 1. The van der Waals surface area contributed by atoms with Crippen molar-refractivity contribution in [1.82, 2.24) is 15.4 Å². The Morgan fingerprint density at radius 2 is 2.31 bits per heavy atom. The highest BCUT2D eigenvalue weighted by molar-refractivity contribution is 4.99. The highest BCUT2D eigenvalue weighted by Gasteiger charge is 2.28. The summed E-state index contributed by atoms with van der Waals surface area (Å²) < 4.78 is 0. The zero-order valence-corrected chi connectivity index (χ0v) is 7.44. The van der Waals surface area contributed by atoms with E-state index in [0.29, 0.717) is 5.92 Å². The zero-order valence-electron chi connectivity index (χ0n) is 7.44. The van der Waals surface area contributed by atoms with Gasteiger partial charge < -0.3 is 0 Å². The lowest BCUT2D eigenvalue weighted by molar-refractivity contribution is 0.00827. The molecule has 0 aromatic carbocycles. The number of nitrogens with two attached hydrogens (primary N) is 1. The van der Waals surface area contributed by atoms with Crippen LogP contribution in [0.2, 0.25) is 0 Å². The predicted octanol–water partition coefficient (Wildman–Crippen LogP) is 0.926. The Hall–Kier alpha value is -0.940. The van der Waals surface area contributed by atoms with Gasteiger partial charge in [0.05, 0.1) is 6.20 Å². The van der Waals surface area contributed by atoms with Gasteiger partial charge in [-0.1, -0.05) is 12.8 Å². The summed E-state index contributed by atoms with van der Waals surface area (Å²) >= 11 is 0. The van der Waals surface area contributed by atoms with E-state index in [0.717, 1.165) is 5.69 Å². The van der Waals surface area contributed by atoms with E-state index < -0.39 is 0 Å². The monoisotopic (exact) mass is 182 g/mol. The lowest BCUT2D eigenvalue weighted by atomic mass is 9.99. The average Bonchev–Trinajstić information content (AvgIpc) is 2.76. The topological polar surface area (TPSA) is 76.8 Å². The summed E-state index contributed by atoms with van der Waals surface area (Å²) in [6.07, 6.45) is 6.48. The number of nitrogens with one attached hydrogen (secondary N) is 1. The first-order chi connectivity index (χ1) is 6.42. The molecule has 1 aromatic rings.